The quantitative estimate of drug-likeness (QED) is 0.378. The maximum atomic E-state index is 13.6. The molecule has 31 heavy (non-hydrogen) atoms. The average molecular weight is 426 g/mol. The average Bonchev–Trinajstić information content (AvgIpc) is 2.98. The smallest absolute Gasteiger partial charge is 0.349 e. The molecule has 0 aliphatic carbocycles. The van der Waals surface area contributed by atoms with Crippen molar-refractivity contribution < 1.29 is 18.7 Å². The van der Waals surface area contributed by atoms with E-state index in [1.165, 1.54) is 18.2 Å². The molecule has 0 radical (unpaired) electrons. The van der Waals surface area contributed by atoms with Crippen LogP contribution in [0.4, 0.5) is 10.1 Å². The van der Waals surface area contributed by atoms with Gasteiger partial charge in [0, 0.05) is 23.6 Å². The normalized spacial score (nSPS) is 11.4. The van der Waals surface area contributed by atoms with Crippen LogP contribution in [-0.4, -0.2) is 23.1 Å². The summed E-state index contributed by atoms with van der Waals surface area (Å²) in [4.78, 5) is 24.3. The summed E-state index contributed by atoms with van der Waals surface area (Å²) in [6, 6.07) is 8.02. The Hall–Kier alpha value is -3.40. The third-order valence-electron chi connectivity index (χ3n) is 4.97. The fraction of sp³-hybridized carbons (Fsp3) is 0.375. The highest BCUT2D eigenvalue weighted by Gasteiger charge is 2.16. The molecule has 0 atom stereocenters. The van der Waals surface area contributed by atoms with Crippen LogP contribution in [0.1, 0.15) is 42.8 Å². The summed E-state index contributed by atoms with van der Waals surface area (Å²) in [5, 5.41) is 11.8. The Morgan fingerprint density at radius 3 is 2.58 bits per heavy atom. The lowest BCUT2D eigenvalue weighted by molar-refractivity contribution is -0.142. The first kappa shape index (κ1) is 23.9. The molecule has 0 bridgehead atoms. The van der Waals surface area contributed by atoms with Crippen molar-refractivity contribution in [2.45, 2.75) is 47.6 Å². The van der Waals surface area contributed by atoms with Gasteiger partial charge in [-0.3, -0.25) is 4.79 Å². The van der Waals surface area contributed by atoms with Crippen LogP contribution in [0.2, 0.25) is 0 Å². The molecule has 1 aromatic carbocycles. The number of aryl methyl sites for hydroxylation is 2. The molecule has 0 aliphatic heterocycles. The third-order valence-corrected chi connectivity index (χ3v) is 4.97. The molecule has 0 saturated carbocycles. The Balaban J connectivity index is 2.04. The van der Waals surface area contributed by atoms with E-state index >= 15 is 0 Å². The number of nitriles is 1. The van der Waals surface area contributed by atoms with Crippen molar-refractivity contribution in [3.63, 3.8) is 0 Å². The van der Waals surface area contributed by atoms with Gasteiger partial charge in [0.1, 0.15) is 17.5 Å². The molecular weight excluding hydrogens is 397 g/mol. The summed E-state index contributed by atoms with van der Waals surface area (Å²) in [5.74, 6) is -1.40. The van der Waals surface area contributed by atoms with Crippen molar-refractivity contribution >= 4 is 23.6 Å². The lowest BCUT2D eigenvalue weighted by Gasteiger charge is -2.11. The molecule has 6 nitrogen and oxygen atoms in total. The van der Waals surface area contributed by atoms with Crippen LogP contribution in [0.5, 0.6) is 0 Å². The number of esters is 1. The molecule has 2 aromatic rings. The number of aromatic nitrogens is 1. The molecule has 0 aliphatic rings. The number of carbonyl (C=O) groups excluding carboxylic acids is 2. The largest absolute Gasteiger partial charge is 0.451 e. The van der Waals surface area contributed by atoms with E-state index in [1.807, 2.05) is 26.0 Å². The number of rotatable bonds is 8. The van der Waals surface area contributed by atoms with Crippen LogP contribution in [0.15, 0.2) is 29.8 Å². The molecule has 0 spiro atoms. The Morgan fingerprint density at radius 2 is 1.97 bits per heavy atom. The Kier molecular flexibility index (Phi) is 8.14. The molecule has 164 valence electrons. The molecule has 0 fully saturated rings. The number of nitrogens with one attached hydrogen (secondary N) is 1. The van der Waals surface area contributed by atoms with E-state index in [9.17, 15) is 19.2 Å². The summed E-state index contributed by atoms with van der Waals surface area (Å²) in [6.45, 7) is 10.1. The van der Waals surface area contributed by atoms with E-state index in [0.29, 0.717) is 11.5 Å². The van der Waals surface area contributed by atoms with E-state index in [-0.39, 0.29) is 11.3 Å². The van der Waals surface area contributed by atoms with Crippen LogP contribution in [0.25, 0.3) is 6.08 Å². The van der Waals surface area contributed by atoms with Crippen molar-refractivity contribution in [3.05, 3.63) is 58.2 Å². The van der Waals surface area contributed by atoms with E-state index in [4.69, 9.17) is 4.74 Å². The Labute approximate surface area is 182 Å². The standard InChI is InChI=1S/C24H28FN3O3/c1-15(2)8-9-28-17(4)10-19(18(28)5)11-20(13-26)24(30)31-14-23(29)27-21-7-6-16(3)22(25)12-21/h6-7,10-12,15H,8-9,14H2,1-5H3,(H,27,29)/b20-11+. The molecule has 1 heterocycles. The van der Waals surface area contributed by atoms with Crippen molar-refractivity contribution in [2.75, 3.05) is 11.9 Å². The number of amides is 1. The molecule has 2 rings (SSSR count). The number of ether oxygens (including phenoxy) is 1. The lowest BCUT2D eigenvalue weighted by atomic mass is 10.1. The predicted molar refractivity (Wildman–Crippen MR) is 118 cm³/mol. The van der Waals surface area contributed by atoms with E-state index in [0.717, 1.165) is 29.9 Å². The number of nitrogens with zero attached hydrogens (tertiary/aromatic N) is 2. The fourth-order valence-electron chi connectivity index (χ4n) is 3.07. The molecular formula is C24H28FN3O3. The molecule has 0 unspecified atom stereocenters. The van der Waals surface area contributed by atoms with Gasteiger partial charge in [-0.25, -0.2) is 9.18 Å². The minimum Gasteiger partial charge on any atom is -0.451 e. The highest BCUT2D eigenvalue weighted by atomic mass is 19.1. The van der Waals surface area contributed by atoms with Crippen LogP contribution in [0.3, 0.4) is 0 Å². The highest BCUT2D eigenvalue weighted by Crippen LogP contribution is 2.20. The highest BCUT2D eigenvalue weighted by molar-refractivity contribution is 6.00. The van der Waals surface area contributed by atoms with Gasteiger partial charge in [0.2, 0.25) is 0 Å². The molecule has 1 aromatic heterocycles. The Bertz CT molecular complexity index is 1050. The van der Waals surface area contributed by atoms with Crippen LogP contribution < -0.4 is 5.32 Å². The molecule has 1 amide bonds. The first-order chi connectivity index (χ1) is 14.6. The monoisotopic (exact) mass is 425 g/mol. The fourth-order valence-corrected chi connectivity index (χ4v) is 3.07. The first-order valence-electron chi connectivity index (χ1n) is 10.1. The lowest BCUT2D eigenvalue weighted by Crippen LogP contribution is -2.21. The summed E-state index contributed by atoms with van der Waals surface area (Å²) >= 11 is 0. The van der Waals surface area contributed by atoms with Gasteiger partial charge in [-0.05, 0) is 68.5 Å². The van der Waals surface area contributed by atoms with Gasteiger partial charge in [0.15, 0.2) is 6.61 Å². The van der Waals surface area contributed by atoms with Gasteiger partial charge < -0.3 is 14.6 Å². The molecule has 0 saturated heterocycles. The second kappa shape index (κ2) is 10.6. The maximum absolute atomic E-state index is 13.6. The van der Waals surface area contributed by atoms with E-state index in [1.54, 1.807) is 13.0 Å². The van der Waals surface area contributed by atoms with Gasteiger partial charge in [-0.1, -0.05) is 19.9 Å². The van der Waals surface area contributed by atoms with E-state index in [2.05, 4.69) is 23.7 Å². The van der Waals surface area contributed by atoms with Gasteiger partial charge in [0.25, 0.3) is 5.91 Å². The number of halogens is 1. The number of hydrogen-bond acceptors (Lipinski definition) is 4. The number of hydrogen-bond donors (Lipinski definition) is 1. The van der Waals surface area contributed by atoms with Crippen LogP contribution in [0, 0.1) is 43.8 Å². The number of benzene rings is 1. The maximum Gasteiger partial charge on any atom is 0.349 e. The predicted octanol–water partition coefficient (Wildman–Crippen LogP) is 4.69. The first-order valence-corrected chi connectivity index (χ1v) is 10.1. The van der Waals surface area contributed by atoms with Gasteiger partial charge in [0.05, 0.1) is 0 Å². The zero-order chi connectivity index (χ0) is 23.1. The molecule has 1 N–H and O–H groups in total. The summed E-state index contributed by atoms with van der Waals surface area (Å²) in [7, 11) is 0. The number of carbonyl (C=O) groups is 2. The van der Waals surface area contributed by atoms with Crippen molar-refractivity contribution in [1.29, 1.82) is 5.26 Å². The second-order valence-corrected chi connectivity index (χ2v) is 7.92. The van der Waals surface area contributed by atoms with Crippen molar-refractivity contribution in [3.8, 4) is 6.07 Å². The van der Waals surface area contributed by atoms with E-state index < -0.39 is 24.3 Å². The third kappa shape index (κ3) is 6.54. The van der Waals surface area contributed by atoms with Gasteiger partial charge >= 0.3 is 5.97 Å². The zero-order valence-electron chi connectivity index (χ0n) is 18.6. The van der Waals surface area contributed by atoms with Crippen molar-refractivity contribution in [2.24, 2.45) is 5.92 Å². The SMILES string of the molecule is Cc1ccc(NC(=O)COC(=O)/C(C#N)=C/c2cc(C)n(CCC(C)C)c2C)cc1F. The zero-order valence-corrected chi connectivity index (χ0v) is 18.6. The topological polar surface area (TPSA) is 84.1 Å². The minimum atomic E-state index is -0.889. The summed E-state index contributed by atoms with van der Waals surface area (Å²) in [5.41, 5.74) is 3.27. The van der Waals surface area contributed by atoms with Crippen LogP contribution in [-0.2, 0) is 20.9 Å². The summed E-state index contributed by atoms with van der Waals surface area (Å²) < 4.78 is 20.7. The van der Waals surface area contributed by atoms with Crippen LogP contribution >= 0.6 is 0 Å². The number of anilines is 1. The molecule has 7 heteroatoms. The van der Waals surface area contributed by atoms with Gasteiger partial charge in [-0.15, -0.1) is 0 Å². The second-order valence-electron chi connectivity index (χ2n) is 7.92. The van der Waals surface area contributed by atoms with Crippen molar-refractivity contribution in [1.82, 2.24) is 4.57 Å². The Morgan fingerprint density at radius 1 is 1.26 bits per heavy atom. The summed E-state index contributed by atoms with van der Waals surface area (Å²) in [6.07, 6.45) is 2.50. The minimum absolute atomic E-state index is 0.196. The van der Waals surface area contributed by atoms with Gasteiger partial charge in [-0.2, -0.15) is 5.26 Å².